The number of likely N-dealkylation sites (tertiary alicyclic amines) is 1. The summed E-state index contributed by atoms with van der Waals surface area (Å²) in [6.45, 7) is 3.85. The fourth-order valence-electron chi connectivity index (χ4n) is 3.10. The molecule has 150 valence electrons. The first kappa shape index (κ1) is 21.2. The summed E-state index contributed by atoms with van der Waals surface area (Å²) in [6.07, 6.45) is 2.22. The Hall–Kier alpha value is -2.12. The van der Waals surface area contributed by atoms with E-state index in [1.54, 1.807) is 18.1 Å². The predicted octanol–water partition coefficient (Wildman–Crippen LogP) is 1.86. The van der Waals surface area contributed by atoms with Crippen molar-refractivity contribution in [2.75, 3.05) is 40.5 Å². The van der Waals surface area contributed by atoms with Crippen LogP contribution in [0, 0.1) is 0 Å². The van der Waals surface area contributed by atoms with E-state index in [0.29, 0.717) is 31.0 Å². The molecule has 1 aromatic carbocycles. The highest BCUT2D eigenvalue weighted by molar-refractivity contribution is 5.97. The second kappa shape index (κ2) is 10.9. The molecule has 0 spiro atoms. The Bertz CT molecular complexity index is 614. The average Bonchev–Trinajstić information content (AvgIpc) is 2.68. The molecular weight excluding hydrogens is 348 g/mol. The number of carbonyl (C=O) groups is 2. The average molecular weight is 378 g/mol. The number of benzene rings is 1. The smallest absolute Gasteiger partial charge is 0.255 e. The first-order valence-corrected chi connectivity index (χ1v) is 9.41. The van der Waals surface area contributed by atoms with Crippen LogP contribution in [-0.2, 0) is 14.3 Å². The number of amides is 2. The van der Waals surface area contributed by atoms with Gasteiger partial charge in [0.2, 0.25) is 5.91 Å². The number of piperidine rings is 1. The van der Waals surface area contributed by atoms with Crippen molar-refractivity contribution in [1.29, 1.82) is 0 Å². The van der Waals surface area contributed by atoms with Crippen LogP contribution in [0.15, 0.2) is 24.3 Å². The van der Waals surface area contributed by atoms with E-state index in [-0.39, 0.29) is 30.6 Å². The maximum absolute atomic E-state index is 12.7. The number of nitrogens with one attached hydrogen (secondary N) is 1. The molecule has 1 N–H and O–H groups in total. The van der Waals surface area contributed by atoms with Crippen LogP contribution in [0.5, 0.6) is 5.75 Å². The van der Waals surface area contributed by atoms with Crippen LogP contribution in [0.2, 0.25) is 0 Å². The molecule has 0 saturated carbocycles. The second-order valence-electron chi connectivity index (χ2n) is 6.66. The van der Waals surface area contributed by atoms with Crippen molar-refractivity contribution in [1.82, 2.24) is 10.2 Å². The molecule has 27 heavy (non-hydrogen) atoms. The van der Waals surface area contributed by atoms with E-state index in [1.807, 2.05) is 25.1 Å². The van der Waals surface area contributed by atoms with Crippen LogP contribution in [0.3, 0.4) is 0 Å². The summed E-state index contributed by atoms with van der Waals surface area (Å²) in [5, 5.41) is 2.99. The van der Waals surface area contributed by atoms with Crippen molar-refractivity contribution >= 4 is 11.8 Å². The van der Waals surface area contributed by atoms with Crippen molar-refractivity contribution in [2.24, 2.45) is 0 Å². The second-order valence-corrected chi connectivity index (χ2v) is 6.66. The lowest BCUT2D eigenvalue weighted by atomic mass is 10.1. The predicted molar refractivity (Wildman–Crippen MR) is 102 cm³/mol. The zero-order chi connectivity index (χ0) is 19.6. The fourth-order valence-corrected chi connectivity index (χ4v) is 3.10. The van der Waals surface area contributed by atoms with Gasteiger partial charge in [-0.3, -0.25) is 9.59 Å². The number of ether oxygens (including phenoxy) is 3. The molecule has 1 aliphatic heterocycles. The molecule has 7 nitrogen and oxygen atoms in total. The minimum absolute atomic E-state index is 0.000483. The molecular formula is C20H30N2O5. The van der Waals surface area contributed by atoms with E-state index in [2.05, 4.69) is 5.32 Å². The Morgan fingerprint density at radius 2 is 1.89 bits per heavy atom. The molecule has 1 unspecified atom stereocenters. The minimum atomic E-state index is -0.165. The van der Waals surface area contributed by atoms with Crippen LogP contribution in [0.4, 0.5) is 0 Å². The van der Waals surface area contributed by atoms with Gasteiger partial charge in [-0.15, -0.1) is 0 Å². The zero-order valence-corrected chi connectivity index (χ0v) is 16.4. The van der Waals surface area contributed by atoms with Gasteiger partial charge in [-0.05, 0) is 18.6 Å². The van der Waals surface area contributed by atoms with Gasteiger partial charge in [0.05, 0.1) is 18.2 Å². The lowest BCUT2D eigenvalue weighted by molar-refractivity contribution is -0.136. The van der Waals surface area contributed by atoms with Crippen molar-refractivity contribution in [2.45, 2.75) is 38.3 Å². The summed E-state index contributed by atoms with van der Waals surface area (Å²) in [4.78, 5) is 26.3. The number of hydrogen-bond acceptors (Lipinski definition) is 5. The third-order valence-electron chi connectivity index (χ3n) is 4.68. The molecule has 2 amide bonds. The monoisotopic (exact) mass is 378 g/mol. The lowest BCUT2D eigenvalue weighted by Crippen LogP contribution is -2.43. The molecule has 0 bridgehead atoms. The minimum Gasteiger partial charge on any atom is -0.489 e. The normalized spacial score (nSPS) is 16.0. The highest BCUT2D eigenvalue weighted by Crippen LogP contribution is 2.23. The van der Waals surface area contributed by atoms with E-state index >= 15 is 0 Å². The quantitative estimate of drug-likeness (QED) is 0.710. The maximum Gasteiger partial charge on any atom is 0.255 e. The Labute approximate surface area is 161 Å². The highest BCUT2D eigenvalue weighted by Gasteiger charge is 2.25. The third kappa shape index (κ3) is 6.22. The molecule has 7 heteroatoms. The lowest BCUT2D eigenvalue weighted by Gasteiger charge is -2.32. The molecule has 1 heterocycles. The largest absolute Gasteiger partial charge is 0.489 e. The molecule has 0 aliphatic carbocycles. The third-order valence-corrected chi connectivity index (χ3v) is 4.68. The molecule has 0 aromatic heterocycles. The number of nitrogens with zero attached hydrogens (tertiary/aromatic N) is 1. The number of carbonyl (C=O) groups excluding carboxylic acids is 2. The van der Waals surface area contributed by atoms with E-state index in [1.165, 1.54) is 7.11 Å². The molecule has 1 atom stereocenters. The van der Waals surface area contributed by atoms with Gasteiger partial charge in [0.1, 0.15) is 18.5 Å². The number of para-hydroxylation sites is 1. The van der Waals surface area contributed by atoms with Gasteiger partial charge < -0.3 is 24.4 Å². The summed E-state index contributed by atoms with van der Waals surface area (Å²) >= 11 is 0. The molecule has 1 aliphatic rings. The van der Waals surface area contributed by atoms with Gasteiger partial charge in [0.15, 0.2) is 0 Å². The topological polar surface area (TPSA) is 77.1 Å². The Morgan fingerprint density at radius 1 is 1.19 bits per heavy atom. The maximum atomic E-state index is 12.7. The fraction of sp³-hybridized carbons (Fsp3) is 0.600. The Kier molecular flexibility index (Phi) is 8.54. The summed E-state index contributed by atoms with van der Waals surface area (Å²) in [5.41, 5.74) is 0.518. The SMILES string of the molecule is CCC(COC)NC(=O)c1ccccc1OC1CCN(C(=O)COC)CC1. The van der Waals surface area contributed by atoms with Gasteiger partial charge in [0.25, 0.3) is 5.91 Å². The van der Waals surface area contributed by atoms with Gasteiger partial charge in [0, 0.05) is 40.2 Å². The van der Waals surface area contributed by atoms with Crippen molar-refractivity contribution < 1.29 is 23.8 Å². The van der Waals surface area contributed by atoms with Crippen LogP contribution >= 0.6 is 0 Å². The van der Waals surface area contributed by atoms with Gasteiger partial charge in [-0.25, -0.2) is 0 Å². The molecule has 1 aromatic rings. The van der Waals surface area contributed by atoms with Gasteiger partial charge in [-0.1, -0.05) is 19.1 Å². The summed E-state index contributed by atoms with van der Waals surface area (Å²) in [6, 6.07) is 7.22. The van der Waals surface area contributed by atoms with Crippen LogP contribution in [0.1, 0.15) is 36.5 Å². The number of rotatable bonds is 9. The van der Waals surface area contributed by atoms with E-state index in [9.17, 15) is 9.59 Å². The van der Waals surface area contributed by atoms with Gasteiger partial charge >= 0.3 is 0 Å². The number of methoxy groups -OCH3 is 2. The van der Waals surface area contributed by atoms with Gasteiger partial charge in [-0.2, -0.15) is 0 Å². The number of hydrogen-bond donors (Lipinski definition) is 1. The highest BCUT2D eigenvalue weighted by atomic mass is 16.5. The van der Waals surface area contributed by atoms with Crippen molar-refractivity contribution in [3.8, 4) is 5.75 Å². The molecule has 1 fully saturated rings. The van der Waals surface area contributed by atoms with E-state index in [0.717, 1.165) is 19.3 Å². The first-order chi connectivity index (χ1) is 13.1. The van der Waals surface area contributed by atoms with E-state index in [4.69, 9.17) is 14.2 Å². The summed E-state index contributed by atoms with van der Waals surface area (Å²) < 4.78 is 16.2. The van der Waals surface area contributed by atoms with Crippen molar-refractivity contribution in [3.63, 3.8) is 0 Å². The van der Waals surface area contributed by atoms with Crippen LogP contribution in [0.25, 0.3) is 0 Å². The molecule has 1 saturated heterocycles. The summed E-state index contributed by atoms with van der Waals surface area (Å²) in [5.74, 6) is 0.408. The molecule has 0 radical (unpaired) electrons. The van der Waals surface area contributed by atoms with Crippen molar-refractivity contribution in [3.05, 3.63) is 29.8 Å². The zero-order valence-electron chi connectivity index (χ0n) is 16.4. The van der Waals surface area contributed by atoms with E-state index < -0.39 is 0 Å². The standard InChI is InChI=1S/C20H30N2O5/c1-4-15(13-25-2)21-20(24)17-7-5-6-8-18(17)27-16-9-11-22(12-10-16)19(23)14-26-3/h5-8,15-16H,4,9-14H2,1-3H3,(H,21,24). The Morgan fingerprint density at radius 3 is 2.52 bits per heavy atom. The molecule has 2 rings (SSSR count). The van der Waals surface area contributed by atoms with Crippen LogP contribution < -0.4 is 10.1 Å². The summed E-state index contributed by atoms with van der Waals surface area (Å²) in [7, 11) is 3.14. The Balaban J connectivity index is 1.96. The van der Waals surface area contributed by atoms with Crippen LogP contribution in [-0.4, -0.2) is 69.4 Å². The first-order valence-electron chi connectivity index (χ1n) is 9.41.